The first-order valence-electron chi connectivity index (χ1n) is 6.53. The molecule has 1 aliphatic rings. The molecule has 0 amide bonds. The second-order valence-corrected chi connectivity index (χ2v) is 4.81. The summed E-state index contributed by atoms with van der Waals surface area (Å²) >= 11 is 0. The molecule has 5 heteroatoms. The zero-order valence-electron chi connectivity index (χ0n) is 10.5. The highest BCUT2D eigenvalue weighted by Crippen LogP contribution is 2.33. The molecule has 2 N–H and O–H groups in total. The van der Waals surface area contributed by atoms with Gasteiger partial charge in [-0.15, -0.1) is 0 Å². The third kappa shape index (κ3) is 4.14. The van der Waals surface area contributed by atoms with E-state index >= 15 is 0 Å². The summed E-state index contributed by atoms with van der Waals surface area (Å²) in [4.78, 5) is 1.65. The Labute approximate surface area is 101 Å². The Morgan fingerprint density at radius 3 is 2.59 bits per heavy atom. The quantitative estimate of drug-likeness (QED) is 0.815. The summed E-state index contributed by atoms with van der Waals surface area (Å²) in [5, 5.41) is 0. The summed E-state index contributed by atoms with van der Waals surface area (Å²) in [5.41, 5.74) is 5.33. The van der Waals surface area contributed by atoms with Crippen LogP contribution in [0.1, 0.15) is 45.4 Å². The Morgan fingerprint density at radius 1 is 1.35 bits per heavy atom. The minimum atomic E-state index is -4.15. The van der Waals surface area contributed by atoms with Gasteiger partial charge in [0.15, 0.2) is 0 Å². The molecule has 0 aromatic rings. The monoisotopic (exact) mass is 252 g/mol. The molecule has 1 aliphatic heterocycles. The highest BCUT2D eigenvalue weighted by Gasteiger charge is 2.45. The highest BCUT2D eigenvalue weighted by atomic mass is 19.4. The molecule has 0 radical (unpaired) electrons. The van der Waals surface area contributed by atoms with Crippen molar-refractivity contribution in [3.8, 4) is 0 Å². The summed E-state index contributed by atoms with van der Waals surface area (Å²) in [7, 11) is 0. The maximum absolute atomic E-state index is 13.0. The summed E-state index contributed by atoms with van der Waals surface area (Å²) in [6, 6.07) is -1.25. The van der Waals surface area contributed by atoms with Gasteiger partial charge >= 0.3 is 6.18 Å². The SMILES string of the molecule is CCCC1CCCCN1C(CCN)C(F)(F)F. The lowest BCUT2D eigenvalue weighted by molar-refractivity contribution is -0.194. The van der Waals surface area contributed by atoms with E-state index in [0.717, 1.165) is 32.1 Å². The number of nitrogens with two attached hydrogens (primary N) is 1. The number of rotatable bonds is 5. The third-order valence-corrected chi connectivity index (χ3v) is 3.51. The van der Waals surface area contributed by atoms with Gasteiger partial charge in [-0.3, -0.25) is 4.90 Å². The number of likely N-dealkylation sites (tertiary alicyclic amines) is 1. The average molecular weight is 252 g/mol. The van der Waals surface area contributed by atoms with E-state index in [-0.39, 0.29) is 19.0 Å². The molecule has 17 heavy (non-hydrogen) atoms. The predicted octanol–water partition coefficient (Wildman–Crippen LogP) is 2.92. The predicted molar refractivity (Wildman–Crippen MR) is 62.8 cm³/mol. The molecule has 0 saturated carbocycles. The van der Waals surface area contributed by atoms with Gasteiger partial charge in [0, 0.05) is 6.04 Å². The Kier molecular flexibility index (Phi) is 5.73. The van der Waals surface area contributed by atoms with Crippen LogP contribution in [0, 0.1) is 0 Å². The van der Waals surface area contributed by atoms with Gasteiger partial charge in [0.1, 0.15) is 6.04 Å². The topological polar surface area (TPSA) is 29.3 Å². The lowest BCUT2D eigenvalue weighted by Gasteiger charge is -2.42. The standard InChI is InChI=1S/C12H23F3N2/c1-2-5-10-6-3-4-9-17(10)11(7-8-16)12(13,14)15/h10-11H,2-9,16H2,1H3. The summed E-state index contributed by atoms with van der Waals surface area (Å²) in [6.07, 6.45) is 0.481. The van der Waals surface area contributed by atoms with Crippen molar-refractivity contribution < 1.29 is 13.2 Å². The molecule has 1 saturated heterocycles. The van der Waals surface area contributed by atoms with Crippen molar-refractivity contribution in [2.24, 2.45) is 5.73 Å². The van der Waals surface area contributed by atoms with E-state index < -0.39 is 12.2 Å². The molecular formula is C12H23F3N2. The van der Waals surface area contributed by atoms with Crippen molar-refractivity contribution >= 4 is 0 Å². The molecule has 2 nitrogen and oxygen atoms in total. The van der Waals surface area contributed by atoms with Gasteiger partial charge in [0.2, 0.25) is 0 Å². The lowest BCUT2D eigenvalue weighted by Crippen LogP contribution is -2.53. The van der Waals surface area contributed by atoms with Crippen molar-refractivity contribution in [2.75, 3.05) is 13.1 Å². The van der Waals surface area contributed by atoms with E-state index in [1.165, 1.54) is 0 Å². The first kappa shape index (κ1) is 14.8. The molecule has 1 heterocycles. The van der Waals surface area contributed by atoms with Crippen molar-refractivity contribution in [2.45, 2.75) is 63.7 Å². The van der Waals surface area contributed by atoms with E-state index in [1.54, 1.807) is 4.90 Å². The van der Waals surface area contributed by atoms with Crippen LogP contribution in [-0.4, -0.2) is 36.2 Å². The second kappa shape index (κ2) is 6.59. The summed E-state index contributed by atoms with van der Waals surface area (Å²) < 4.78 is 39.0. The molecule has 0 aromatic heterocycles. The van der Waals surface area contributed by atoms with Crippen molar-refractivity contribution in [1.82, 2.24) is 4.90 Å². The van der Waals surface area contributed by atoms with Gasteiger partial charge in [0.05, 0.1) is 0 Å². The number of hydrogen-bond donors (Lipinski definition) is 1. The average Bonchev–Trinajstić information content (AvgIpc) is 2.26. The number of alkyl halides is 3. The van der Waals surface area contributed by atoms with E-state index in [1.807, 2.05) is 6.92 Å². The van der Waals surface area contributed by atoms with Gasteiger partial charge in [-0.1, -0.05) is 19.8 Å². The molecule has 0 aliphatic carbocycles. The molecule has 2 atom stereocenters. The van der Waals surface area contributed by atoms with Crippen LogP contribution >= 0.6 is 0 Å². The van der Waals surface area contributed by atoms with Crippen LogP contribution in [0.3, 0.4) is 0 Å². The number of halogens is 3. The Bertz CT molecular complexity index is 216. The van der Waals surface area contributed by atoms with Gasteiger partial charge in [-0.2, -0.15) is 13.2 Å². The maximum atomic E-state index is 13.0. The first-order valence-corrected chi connectivity index (χ1v) is 6.53. The molecule has 0 aromatic carbocycles. The zero-order valence-corrected chi connectivity index (χ0v) is 10.5. The van der Waals surface area contributed by atoms with Crippen LogP contribution in [0.15, 0.2) is 0 Å². The Hall–Kier alpha value is -0.290. The van der Waals surface area contributed by atoms with Gasteiger partial charge in [-0.05, 0) is 38.8 Å². The van der Waals surface area contributed by atoms with Crippen LogP contribution < -0.4 is 5.73 Å². The second-order valence-electron chi connectivity index (χ2n) is 4.81. The van der Waals surface area contributed by atoms with Crippen LogP contribution in [-0.2, 0) is 0 Å². The van der Waals surface area contributed by atoms with Crippen LogP contribution in [0.5, 0.6) is 0 Å². The minimum Gasteiger partial charge on any atom is -0.330 e. The summed E-state index contributed by atoms with van der Waals surface area (Å²) in [5.74, 6) is 0. The third-order valence-electron chi connectivity index (χ3n) is 3.51. The van der Waals surface area contributed by atoms with Gasteiger partial charge < -0.3 is 5.73 Å². The molecule has 0 spiro atoms. The maximum Gasteiger partial charge on any atom is 0.404 e. The van der Waals surface area contributed by atoms with E-state index in [9.17, 15) is 13.2 Å². The van der Waals surface area contributed by atoms with Crippen LogP contribution in [0.25, 0.3) is 0 Å². The molecular weight excluding hydrogens is 229 g/mol. The summed E-state index contributed by atoms with van der Waals surface area (Å²) in [6.45, 7) is 2.69. The highest BCUT2D eigenvalue weighted by molar-refractivity contribution is 4.87. The van der Waals surface area contributed by atoms with Crippen LogP contribution in [0.4, 0.5) is 13.2 Å². The minimum absolute atomic E-state index is 0.0176. The Balaban J connectivity index is 2.74. The van der Waals surface area contributed by atoms with E-state index in [4.69, 9.17) is 5.73 Å². The fourth-order valence-corrected chi connectivity index (χ4v) is 2.75. The molecule has 1 fully saturated rings. The Morgan fingerprint density at radius 2 is 2.06 bits per heavy atom. The van der Waals surface area contributed by atoms with Crippen molar-refractivity contribution in [3.05, 3.63) is 0 Å². The van der Waals surface area contributed by atoms with Gasteiger partial charge in [0.25, 0.3) is 0 Å². The van der Waals surface area contributed by atoms with E-state index in [0.29, 0.717) is 6.54 Å². The molecule has 102 valence electrons. The largest absolute Gasteiger partial charge is 0.404 e. The van der Waals surface area contributed by atoms with Crippen molar-refractivity contribution in [1.29, 1.82) is 0 Å². The normalized spacial score (nSPS) is 24.9. The van der Waals surface area contributed by atoms with E-state index in [2.05, 4.69) is 0 Å². The fraction of sp³-hybridized carbons (Fsp3) is 1.00. The van der Waals surface area contributed by atoms with Crippen LogP contribution in [0.2, 0.25) is 0 Å². The lowest BCUT2D eigenvalue weighted by atomic mass is 9.95. The zero-order chi connectivity index (χ0) is 12.9. The molecule has 0 bridgehead atoms. The number of nitrogens with zero attached hydrogens (tertiary/aromatic N) is 1. The molecule has 1 rings (SSSR count). The molecule has 2 unspecified atom stereocenters. The number of hydrogen-bond acceptors (Lipinski definition) is 2. The smallest absolute Gasteiger partial charge is 0.330 e. The van der Waals surface area contributed by atoms with Crippen molar-refractivity contribution in [3.63, 3.8) is 0 Å². The fourth-order valence-electron chi connectivity index (χ4n) is 2.75. The first-order chi connectivity index (χ1) is 8.00. The van der Waals surface area contributed by atoms with Gasteiger partial charge in [-0.25, -0.2) is 0 Å². The number of piperidine rings is 1.